The van der Waals surface area contributed by atoms with Crippen molar-refractivity contribution in [3.05, 3.63) is 65.0 Å². The molecule has 5 nitrogen and oxygen atoms in total. The fourth-order valence-electron chi connectivity index (χ4n) is 3.43. The molecule has 5 heteroatoms. The number of aliphatic carboxylic acids is 1. The van der Waals surface area contributed by atoms with Crippen LogP contribution in [0.3, 0.4) is 0 Å². The van der Waals surface area contributed by atoms with Gasteiger partial charge in [-0.3, -0.25) is 14.6 Å². The molecule has 0 aliphatic carbocycles. The van der Waals surface area contributed by atoms with Crippen LogP contribution in [0.4, 0.5) is 0 Å². The van der Waals surface area contributed by atoms with Crippen LogP contribution in [0.15, 0.2) is 42.7 Å². The van der Waals surface area contributed by atoms with Crippen molar-refractivity contribution in [1.82, 2.24) is 9.88 Å². The molecule has 1 aromatic carbocycles. The Kier molecular flexibility index (Phi) is 4.34. The number of hydrogen-bond acceptors (Lipinski definition) is 3. The molecule has 124 valence electrons. The van der Waals surface area contributed by atoms with Crippen LogP contribution in [0.25, 0.3) is 0 Å². The summed E-state index contributed by atoms with van der Waals surface area (Å²) in [6.07, 6.45) is 3.42. The summed E-state index contributed by atoms with van der Waals surface area (Å²) in [6, 6.07) is 9.20. The molecule has 2 heterocycles. The van der Waals surface area contributed by atoms with Gasteiger partial charge in [0.2, 0.25) is 5.91 Å². The molecule has 1 aliphatic rings. The minimum Gasteiger partial charge on any atom is -0.481 e. The van der Waals surface area contributed by atoms with E-state index in [9.17, 15) is 14.7 Å². The summed E-state index contributed by atoms with van der Waals surface area (Å²) in [5.74, 6) is -1.78. The number of rotatable bonds is 4. The highest BCUT2D eigenvalue weighted by Gasteiger charge is 2.45. The average molecular weight is 324 g/mol. The average Bonchev–Trinajstić information content (AvgIpc) is 2.86. The zero-order valence-electron chi connectivity index (χ0n) is 13.8. The Bertz CT molecular complexity index is 773. The number of carbonyl (C=O) groups is 2. The maximum absolute atomic E-state index is 12.5. The second-order valence-electron chi connectivity index (χ2n) is 6.34. The second-order valence-corrected chi connectivity index (χ2v) is 6.34. The van der Waals surface area contributed by atoms with Crippen molar-refractivity contribution in [3.63, 3.8) is 0 Å². The van der Waals surface area contributed by atoms with Gasteiger partial charge in [-0.2, -0.15) is 0 Å². The highest BCUT2D eigenvalue weighted by atomic mass is 16.4. The summed E-state index contributed by atoms with van der Waals surface area (Å²) in [5, 5.41) is 9.60. The van der Waals surface area contributed by atoms with Crippen LogP contribution >= 0.6 is 0 Å². The lowest BCUT2D eigenvalue weighted by Gasteiger charge is -2.28. The predicted molar refractivity (Wildman–Crippen MR) is 89.2 cm³/mol. The molecule has 0 saturated carbocycles. The lowest BCUT2D eigenvalue weighted by atomic mass is 9.90. The molecule has 1 amide bonds. The first-order valence-corrected chi connectivity index (χ1v) is 7.95. The number of carboxylic acids is 1. The van der Waals surface area contributed by atoms with Crippen molar-refractivity contribution in [3.8, 4) is 0 Å². The molecule has 24 heavy (non-hydrogen) atoms. The third-order valence-corrected chi connectivity index (χ3v) is 4.57. The van der Waals surface area contributed by atoms with E-state index in [1.54, 1.807) is 17.3 Å². The first kappa shape index (κ1) is 16.2. The summed E-state index contributed by atoms with van der Waals surface area (Å²) in [7, 11) is 0. The van der Waals surface area contributed by atoms with Gasteiger partial charge in [0.25, 0.3) is 0 Å². The van der Waals surface area contributed by atoms with Crippen molar-refractivity contribution in [2.45, 2.75) is 32.9 Å². The predicted octanol–water partition coefficient (Wildman–Crippen LogP) is 2.87. The Morgan fingerprint density at radius 2 is 2.12 bits per heavy atom. The number of likely N-dealkylation sites (tertiary alicyclic amines) is 1. The number of nitrogens with zero attached hydrogens (tertiary/aromatic N) is 2. The summed E-state index contributed by atoms with van der Waals surface area (Å²) < 4.78 is 0. The first-order chi connectivity index (χ1) is 11.5. The van der Waals surface area contributed by atoms with E-state index in [0.29, 0.717) is 6.54 Å². The van der Waals surface area contributed by atoms with Crippen LogP contribution in [-0.4, -0.2) is 26.9 Å². The zero-order chi connectivity index (χ0) is 17.3. The highest BCUT2D eigenvalue weighted by Crippen LogP contribution is 2.40. The van der Waals surface area contributed by atoms with Gasteiger partial charge in [-0.05, 0) is 36.6 Å². The molecule has 1 aliphatic heterocycles. The van der Waals surface area contributed by atoms with Crippen molar-refractivity contribution in [2.24, 2.45) is 5.92 Å². The number of carbonyl (C=O) groups excluding carboxylic acids is 1. The van der Waals surface area contributed by atoms with Crippen molar-refractivity contribution in [1.29, 1.82) is 0 Å². The third-order valence-electron chi connectivity index (χ3n) is 4.57. The lowest BCUT2D eigenvalue weighted by Crippen LogP contribution is -2.30. The number of aryl methyl sites for hydroxylation is 2. The fraction of sp³-hybridized carbons (Fsp3) is 0.316. The SMILES string of the molecule is Cc1ccc([C@H]2[C@H](C(=O)O)CC(=O)N2Cc2cccnc2)c(C)c1. The molecule has 2 aromatic rings. The molecule has 0 spiro atoms. The quantitative estimate of drug-likeness (QED) is 0.939. The van der Waals surface area contributed by atoms with Crippen LogP contribution in [0.2, 0.25) is 0 Å². The van der Waals surface area contributed by atoms with Gasteiger partial charge in [0.15, 0.2) is 0 Å². The van der Waals surface area contributed by atoms with Gasteiger partial charge in [-0.15, -0.1) is 0 Å². The minimum atomic E-state index is -0.929. The van der Waals surface area contributed by atoms with E-state index in [-0.39, 0.29) is 12.3 Å². The normalized spacial score (nSPS) is 20.4. The van der Waals surface area contributed by atoms with Crippen LogP contribution in [0.5, 0.6) is 0 Å². The van der Waals surface area contributed by atoms with Crippen molar-refractivity contribution >= 4 is 11.9 Å². The molecule has 0 unspecified atom stereocenters. The summed E-state index contributed by atoms with van der Waals surface area (Å²) in [4.78, 5) is 30.0. The van der Waals surface area contributed by atoms with E-state index in [0.717, 1.165) is 22.3 Å². The van der Waals surface area contributed by atoms with Gasteiger partial charge in [0, 0.05) is 25.4 Å². The van der Waals surface area contributed by atoms with Crippen molar-refractivity contribution < 1.29 is 14.7 Å². The standard InChI is InChI=1S/C19H20N2O3/c1-12-5-6-15(13(2)8-12)18-16(19(23)24)9-17(22)21(18)11-14-4-3-7-20-10-14/h3-8,10,16,18H,9,11H2,1-2H3,(H,23,24)/t16-,18+/m1/s1. The zero-order valence-corrected chi connectivity index (χ0v) is 13.8. The van der Waals surface area contributed by atoms with Gasteiger partial charge >= 0.3 is 5.97 Å². The molecule has 1 aromatic heterocycles. The van der Waals surface area contributed by atoms with E-state index in [1.807, 2.05) is 44.2 Å². The number of benzene rings is 1. The van der Waals surface area contributed by atoms with Gasteiger partial charge in [0.1, 0.15) is 0 Å². The Balaban J connectivity index is 2.01. The maximum atomic E-state index is 12.5. The molecule has 0 radical (unpaired) electrons. The molecule has 0 bridgehead atoms. The molecular weight excluding hydrogens is 304 g/mol. The van der Waals surface area contributed by atoms with Gasteiger partial charge < -0.3 is 10.0 Å². The van der Waals surface area contributed by atoms with Gasteiger partial charge in [0.05, 0.1) is 12.0 Å². The van der Waals surface area contributed by atoms with Crippen LogP contribution in [0.1, 0.15) is 34.7 Å². The van der Waals surface area contributed by atoms with Gasteiger partial charge in [-0.25, -0.2) is 0 Å². The van der Waals surface area contributed by atoms with E-state index in [2.05, 4.69) is 4.98 Å². The Morgan fingerprint density at radius 3 is 2.75 bits per heavy atom. The largest absolute Gasteiger partial charge is 0.481 e. The van der Waals surface area contributed by atoms with Gasteiger partial charge in [-0.1, -0.05) is 29.8 Å². The lowest BCUT2D eigenvalue weighted by molar-refractivity contribution is -0.142. The van der Waals surface area contributed by atoms with Crippen LogP contribution in [-0.2, 0) is 16.1 Å². The number of hydrogen-bond donors (Lipinski definition) is 1. The number of carboxylic acid groups (broad SMARTS) is 1. The topological polar surface area (TPSA) is 70.5 Å². The number of amides is 1. The minimum absolute atomic E-state index is 0.0353. The third kappa shape index (κ3) is 3.02. The van der Waals surface area contributed by atoms with E-state index < -0.39 is 17.9 Å². The second kappa shape index (κ2) is 6.43. The monoisotopic (exact) mass is 324 g/mol. The molecular formula is C19H20N2O3. The molecule has 1 saturated heterocycles. The van der Waals surface area contributed by atoms with Crippen LogP contribution < -0.4 is 0 Å². The summed E-state index contributed by atoms with van der Waals surface area (Å²) in [6.45, 7) is 4.33. The van der Waals surface area contributed by atoms with E-state index in [1.165, 1.54) is 0 Å². The first-order valence-electron chi connectivity index (χ1n) is 7.95. The Morgan fingerprint density at radius 1 is 1.33 bits per heavy atom. The highest BCUT2D eigenvalue weighted by molar-refractivity contribution is 5.87. The smallest absolute Gasteiger partial charge is 0.309 e. The number of aromatic nitrogens is 1. The van der Waals surface area contributed by atoms with E-state index >= 15 is 0 Å². The summed E-state index contributed by atoms with van der Waals surface area (Å²) in [5.41, 5.74) is 3.93. The maximum Gasteiger partial charge on any atom is 0.309 e. The Labute approximate surface area is 140 Å². The number of pyridine rings is 1. The molecule has 3 rings (SSSR count). The van der Waals surface area contributed by atoms with Crippen LogP contribution in [0, 0.1) is 19.8 Å². The Hall–Kier alpha value is -2.69. The molecule has 1 N–H and O–H groups in total. The molecule has 2 atom stereocenters. The van der Waals surface area contributed by atoms with Crippen molar-refractivity contribution in [2.75, 3.05) is 0 Å². The summed E-state index contributed by atoms with van der Waals surface area (Å²) >= 11 is 0. The fourth-order valence-corrected chi connectivity index (χ4v) is 3.43. The van der Waals surface area contributed by atoms with E-state index in [4.69, 9.17) is 0 Å². The molecule has 1 fully saturated rings.